The number of rotatable bonds is 5. The number of hydrogen-bond donors (Lipinski definition) is 2. The molecule has 1 unspecified atom stereocenters. The quantitative estimate of drug-likeness (QED) is 0.694. The maximum Gasteiger partial charge on any atom is 0.329 e. The van der Waals surface area contributed by atoms with Gasteiger partial charge in [0.2, 0.25) is 0 Å². The number of anilines is 2. The summed E-state index contributed by atoms with van der Waals surface area (Å²) >= 11 is 0. The van der Waals surface area contributed by atoms with Crippen molar-refractivity contribution in [3.05, 3.63) is 35.5 Å². The Hall–Kier alpha value is -3.24. The topological polar surface area (TPSA) is 109 Å². The minimum Gasteiger partial charge on any atom is -0.377 e. The summed E-state index contributed by atoms with van der Waals surface area (Å²) in [5, 5.41) is 5.41. The number of aromatic nitrogens is 2. The first-order valence-corrected chi connectivity index (χ1v) is 11.8. The summed E-state index contributed by atoms with van der Waals surface area (Å²) in [6.45, 7) is 9.69. The van der Waals surface area contributed by atoms with Crippen LogP contribution in [0.25, 0.3) is 11.4 Å². The zero-order valence-electron chi connectivity index (χ0n) is 20.0. The standard InChI is InChI=1S/C24H32N6O4/c1-4-25-23(31)29(5-2)24(32)26-18-8-6-17(7-9-18)21-27-20-15-33-12-10-19(20)22(28-21)30-11-13-34-14-16(30)3/h6-9,16H,4-5,10-15H2,1-3H3,(H,25,31)(H,26,32). The van der Waals surface area contributed by atoms with Crippen molar-refractivity contribution in [2.24, 2.45) is 0 Å². The van der Waals surface area contributed by atoms with Gasteiger partial charge in [-0.25, -0.2) is 24.5 Å². The Morgan fingerprint density at radius 2 is 1.91 bits per heavy atom. The molecule has 0 spiro atoms. The second-order valence-electron chi connectivity index (χ2n) is 8.30. The van der Waals surface area contributed by atoms with Crippen molar-refractivity contribution in [3.63, 3.8) is 0 Å². The van der Waals surface area contributed by atoms with Crippen molar-refractivity contribution in [3.8, 4) is 11.4 Å². The van der Waals surface area contributed by atoms with E-state index in [9.17, 15) is 9.59 Å². The molecule has 0 bridgehead atoms. The lowest BCUT2D eigenvalue weighted by molar-refractivity contribution is 0.0965. The fourth-order valence-electron chi connectivity index (χ4n) is 4.16. The number of carbonyl (C=O) groups excluding carboxylic acids is 2. The van der Waals surface area contributed by atoms with Crippen LogP contribution >= 0.6 is 0 Å². The number of urea groups is 2. The summed E-state index contributed by atoms with van der Waals surface area (Å²) in [6.07, 6.45) is 0.791. The molecule has 10 nitrogen and oxygen atoms in total. The summed E-state index contributed by atoms with van der Waals surface area (Å²) in [5.41, 5.74) is 3.49. The number of carbonyl (C=O) groups is 2. The highest BCUT2D eigenvalue weighted by molar-refractivity contribution is 6.00. The normalized spacial score (nSPS) is 17.6. The molecule has 10 heteroatoms. The fourth-order valence-corrected chi connectivity index (χ4v) is 4.16. The first kappa shape index (κ1) is 23.9. The molecule has 2 aliphatic heterocycles. The Morgan fingerprint density at radius 3 is 2.62 bits per heavy atom. The van der Waals surface area contributed by atoms with E-state index in [2.05, 4.69) is 22.5 Å². The molecule has 4 amide bonds. The summed E-state index contributed by atoms with van der Waals surface area (Å²) in [7, 11) is 0. The maximum absolute atomic E-state index is 12.5. The monoisotopic (exact) mass is 468 g/mol. The van der Waals surface area contributed by atoms with Crippen molar-refractivity contribution in [1.29, 1.82) is 0 Å². The molecule has 182 valence electrons. The van der Waals surface area contributed by atoms with Crippen LogP contribution in [0, 0.1) is 0 Å². The molecule has 1 aromatic heterocycles. The molecule has 1 saturated heterocycles. The van der Waals surface area contributed by atoms with Gasteiger partial charge in [0, 0.05) is 42.9 Å². The predicted molar refractivity (Wildman–Crippen MR) is 129 cm³/mol. The van der Waals surface area contributed by atoms with Gasteiger partial charge in [0.05, 0.1) is 38.2 Å². The number of amides is 4. The zero-order chi connectivity index (χ0) is 24.1. The largest absolute Gasteiger partial charge is 0.377 e. The molecule has 0 radical (unpaired) electrons. The molecule has 3 heterocycles. The van der Waals surface area contributed by atoms with Gasteiger partial charge >= 0.3 is 12.1 Å². The Morgan fingerprint density at radius 1 is 1.12 bits per heavy atom. The van der Waals surface area contributed by atoms with Crippen LogP contribution in [0.15, 0.2) is 24.3 Å². The Bertz CT molecular complexity index is 1030. The first-order chi connectivity index (χ1) is 16.5. The van der Waals surface area contributed by atoms with E-state index in [1.165, 1.54) is 0 Å². The average molecular weight is 469 g/mol. The van der Waals surface area contributed by atoms with Crippen molar-refractivity contribution in [2.75, 3.05) is 49.7 Å². The molecular formula is C24H32N6O4. The highest BCUT2D eigenvalue weighted by Crippen LogP contribution is 2.31. The van der Waals surface area contributed by atoms with Crippen molar-refractivity contribution in [1.82, 2.24) is 20.2 Å². The molecular weight excluding hydrogens is 436 g/mol. The average Bonchev–Trinajstić information content (AvgIpc) is 2.85. The highest BCUT2D eigenvalue weighted by atomic mass is 16.5. The van der Waals surface area contributed by atoms with Crippen molar-refractivity contribution < 1.29 is 19.1 Å². The van der Waals surface area contributed by atoms with Gasteiger partial charge in [0.1, 0.15) is 5.82 Å². The third-order valence-electron chi connectivity index (χ3n) is 5.97. The molecule has 4 rings (SSSR count). The Labute approximate surface area is 199 Å². The smallest absolute Gasteiger partial charge is 0.329 e. The van der Waals surface area contributed by atoms with Crippen LogP contribution in [0.1, 0.15) is 32.0 Å². The van der Waals surface area contributed by atoms with Gasteiger partial charge in [-0.15, -0.1) is 0 Å². The summed E-state index contributed by atoms with van der Waals surface area (Å²) in [6, 6.07) is 6.64. The van der Waals surface area contributed by atoms with Crippen LogP contribution in [0.3, 0.4) is 0 Å². The van der Waals surface area contributed by atoms with E-state index in [1.807, 2.05) is 19.1 Å². The van der Waals surface area contributed by atoms with Crippen molar-refractivity contribution in [2.45, 2.75) is 39.8 Å². The second-order valence-corrected chi connectivity index (χ2v) is 8.30. The molecule has 34 heavy (non-hydrogen) atoms. The third-order valence-corrected chi connectivity index (χ3v) is 5.97. The Kier molecular flexibility index (Phi) is 7.59. The minimum absolute atomic E-state index is 0.229. The van der Waals surface area contributed by atoms with Gasteiger partial charge in [-0.05, 0) is 45.0 Å². The Balaban J connectivity index is 1.57. The number of imide groups is 1. The van der Waals surface area contributed by atoms with Crippen LogP contribution < -0.4 is 15.5 Å². The highest BCUT2D eigenvalue weighted by Gasteiger charge is 2.27. The van der Waals surface area contributed by atoms with Crippen LogP contribution in [-0.2, 0) is 22.5 Å². The van der Waals surface area contributed by atoms with Crippen LogP contribution in [-0.4, -0.2) is 72.4 Å². The van der Waals surface area contributed by atoms with E-state index >= 15 is 0 Å². The summed E-state index contributed by atoms with van der Waals surface area (Å²) in [4.78, 5) is 37.8. The minimum atomic E-state index is -0.480. The van der Waals surface area contributed by atoms with E-state index in [-0.39, 0.29) is 12.6 Å². The SMILES string of the molecule is CCNC(=O)N(CC)C(=O)Nc1ccc(-c2nc3c(c(N4CCOCC4C)n2)CCOC3)cc1. The number of hydrogen-bond acceptors (Lipinski definition) is 7. The van der Waals surface area contributed by atoms with Gasteiger partial charge in [0.15, 0.2) is 5.82 Å². The van der Waals surface area contributed by atoms with Crippen LogP contribution in [0.2, 0.25) is 0 Å². The summed E-state index contributed by atoms with van der Waals surface area (Å²) < 4.78 is 11.3. The van der Waals surface area contributed by atoms with Gasteiger partial charge in [-0.2, -0.15) is 0 Å². The van der Waals surface area contributed by atoms with Gasteiger partial charge in [0.25, 0.3) is 0 Å². The molecule has 2 N–H and O–H groups in total. The van der Waals surface area contributed by atoms with Crippen molar-refractivity contribution >= 4 is 23.6 Å². The van der Waals surface area contributed by atoms with Gasteiger partial charge < -0.3 is 25.0 Å². The number of benzene rings is 1. The zero-order valence-corrected chi connectivity index (χ0v) is 20.0. The van der Waals surface area contributed by atoms with Gasteiger partial charge in [-0.3, -0.25) is 0 Å². The van der Waals surface area contributed by atoms with E-state index in [1.54, 1.807) is 19.1 Å². The number of nitrogens with one attached hydrogen (secondary N) is 2. The molecule has 0 saturated carbocycles. The van der Waals surface area contributed by atoms with Crippen LogP contribution in [0.5, 0.6) is 0 Å². The lowest BCUT2D eigenvalue weighted by Gasteiger charge is -2.36. The van der Waals surface area contributed by atoms with Crippen LogP contribution in [0.4, 0.5) is 21.1 Å². The lowest BCUT2D eigenvalue weighted by atomic mass is 10.1. The lowest BCUT2D eigenvalue weighted by Crippen LogP contribution is -2.45. The molecule has 2 aromatic rings. The van der Waals surface area contributed by atoms with E-state index in [0.717, 1.165) is 40.5 Å². The van der Waals surface area contributed by atoms with Gasteiger partial charge in [-0.1, -0.05) is 0 Å². The third kappa shape index (κ3) is 5.13. The van der Waals surface area contributed by atoms with E-state index in [4.69, 9.17) is 19.4 Å². The molecule has 1 atom stereocenters. The van der Waals surface area contributed by atoms with E-state index < -0.39 is 12.1 Å². The molecule has 0 aliphatic carbocycles. The first-order valence-electron chi connectivity index (χ1n) is 11.8. The molecule has 1 fully saturated rings. The fraction of sp³-hybridized carbons (Fsp3) is 0.500. The number of ether oxygens (including phenoxy) is 2. The summed E-state index contributed by atoms with van der Waals surface area (Å²) in [5.74, 6) is 1.57. The molecule has 2 aliphatic rings. The number of nitrogens with zero attached hydrogens (tertiary/aromatic N) is 4. The number of morpholine rings is 1. The predicted octanol–water partition coefficient (Wildman–Crippen LogP) is 3.02. The second kappa shape index (κ2) is 10.8. The number of fused-ring (bicyclic) bond motifs is 1. The molecule has 1 aromatic carbocycles. The van der Waals surface area contributed by atoms with E-state index in [0.29, 0.717) is 44.5 Å². The maximum atomic E-state index is 12.5.